The van der Waals surface area contributed by atoms with E-state index in [9.17, 15) is 18.0 Å². The summed E-state index contributed by atoms with van der Waals surface area (Å²) in [6.45, 7) is -0.465. The molecule has 3 heterocycles. The van der Waals surface area contributed by atoms with Gasteiger partial charge < -0.3 is 14.4 Å². The molecule has 32 heavy (non-hydrogen) atoms. The summed E-state index contributed by atoms with van der Waals surface area (Å²) >= 11 is 0. The molecule has 2 aromatic rings. The van der Waals surface area contributed by atoms with Crippen LogP contribution in [0.5, 0.6) is 11.6 Å². The highest BCUT2D eigenvalue weighted by Gasteiger charge is 2.39. The number of rotatable bonds is 7. The van der Waals surface area contributed by atoms with E-state index < -0.39 is 22.4 Å². The molecule has 1 aliphatic heterocycles. The van der Waals surface area contributed by atoms with Gasteiger partial charge in [0, 0.05) is 24.5 Å². The summed E-state index contributed by atoms with van der Waals surface area (Å²) < 4.78 is 34.9. The van der Waals surface area contributed by atoms with Crippen LogP contribution in [0.2, 0.25) is 0 Å². The van der Waals surface area contributed by atoms with Crippen molar-refractivity contribution in [2.75, 3.05) is 18.1 Å². The van der Waals surface area contributed by atoms with E-state index in [1.54, 1.807) is 29.3 Å². The van der Waals surface area contributed by atoms with E-state index in [1.807, 2.05) is 0 Å². The molecule has 0 bridgehead atoms. The van der Waals surface area contributed by atoms with Crippen molar-refractivity contribution in [3.05, 3.63) is 48.4 Å². The van der Waals surface area contributed by atoms with Crippen molar-refractivity contribution in [1.29, 1.82) is 0 Å². The van der Waals surface area contributed by atoms with Crippen molar-refractivity contribution >= 4 is 21.7 Å². The van der Waals surface area contributed by atoms with E-state index in [0.717, 1.165) is 25.7 Å². The molecule has 1 amide bonds. The van der Waals surface area contributed by atoms with Crippen molar-refractivity contribution in [2.24, 2.45) is 0 Å². The Morgan fingerprint density at radius 3 is 2.53 bits per heavy atom. The molecule has 2 aliphatic rings. The smallest absolute Gasteiger partial charge is 0.344 e. The number of esters is 1. The first kappa shape index (κ1) is 22.2. The van der Waals surface area contributed by atoms with Crippen LogP contribution < -0.4 is 4.74 Å². The lowest BCUT2D eigenvalue weighted by atomic mass is 10.1. The predicted molar refractivity (Wildman–Crippen MR) is 115 cm³/mol. The SMILES string of the molecule is O=C(OCC(=O)N(C1CCCC1)C1CCS(=O)(=O)C1)c1cccnc1Oc1cccnc1. The van der Waals surface area contributed by atoms with E-state index >= 15 is 0 Å². The van der Waals surface area contributed by atoms with Crippen LogP contribution in [-0.4, -0.2) is 65.4 Å². The van der Waals surface area contributed by atoms with Crippen molar-refractivity contribution < 1.29 is 27.5 Å². The number of sulfone groups is 1. The Bertz CT molecular complexity index is 1070. The Morgan fingerprint density at radius 2 is 1.84 bits per heavy atom. The minimum Gasteiger partial charge on any atom is -0.452 e. The molecule has 1 atom stereocenters. The number of pyridine rings is 2. The molecule has 1 saturated carbocycles. The number of hydrogen-bond acceptors (Lipinski definition) is 8. The van der Waals surface area contributed by atoms with Gasteiger partial charge in [-0.05, 0) is 43.5 Å². The summed E-state index contributed by atoms with van der Waals surface area (Å²) in [7, 11) is -3.14. The summed E-state index contributed by atoms with van der Waals surface area (Å²) in [4.78, 5) is 35.4. The maximum Gasteiger partial charge on any atom is 0.344 e. The van der Waals surface area contributed by atoms with Gasteiger partial charge in [-0.2, -0.15) is 0 Å². The Morgan fingerprint density at radius 1 is 1.06 bits per heavy atom. The van der Waals surface area contributed by atoms with Gasteiger partial charge in [0.2, 0.25) is 5.88 Å². The summed E-state index contributed by atoms with van der Waals surface area (Å²) in [6.07, 6.45) is 8.65. The van der Waals surface area contributed by atoms with Crippen LogP contribution in [0.15, 0.2) is 42.9 Å². The first-order valence-electron chi connectivity index (χ1n) is 10.6. The molecule has 1 unspecified atom stereocenters. The van der Waals surface area contributed by atoms with Crippen LogP contribution in [0, 0.1) is 0 Å². The first-order valence-corrected chi connectivity index (χ1v) is 12.5. The Labute approximate surface area is 186 Å². The van der Waals surface area contributed by atoms with Crippen LogP contribution in [0.1, 0.15) is 42.5 Å². The third kappa shape index (κ3) is 5.24. The largest absolute Gasteiger partial charge is 0.452 e. The quantitative estimate of drug-likeness (QED) is 0.580. The van der Waals surface area contributed by atoms with Crippen LogP contribution >= 0.6 is 0 Å². The minimum atomic E-state index is -3.14. The average Bonchev–Trinajstić information content (AvgIpc) is 3.43. The number of carbonyl (C=O) groups is 2. The van der Waals surface area contributed by atoms with Crippen molar-refractivity contribution in [2.45, 2.75) is 44.2 Å². The highest BCUT2D eigenvalue weighted by Crippen LogP contribution is 2.29. The number of aromatic nitrogens is 2. The Hall–Kier alpha value is -3.01. The van der Waals surface area contributed by atoms with Gasteiger partial charge in [-0.25, -0.2) is 18.2 Å². The van der Waals surface area contributed by atoms with E-state index in [1.165, 1.54) is 18.5 Å². The molecule has 1 aliphatic carbocycles. The topological polar surface area (TPSA) is 116 Å². The Balaban J connectivity index is 1.44. The van der Waals surface area contributed by atoms with Gasteiger partial charge in [0.05, 0.1) is 17.7 Å². The van der Waals surface area contributed by atoms with Crippen LogP contribution in [0.25, 0.3) is 0 Å². The van der Waals surface area contributed by atoms with Crippen LogP contribution in [0.4, 0.5) is 0 Å². The molecule has 1 saturated heterocycles. The number of amides is 1. The lowest BCUT2D eigenvalue weighted by molar-refractivity contribution is -0.139. The van der Waals surface area contributed by atoms with Gasteiger partial charge in [-0.3, -0.25) is 9.78 Å². The number of ether oxygens (including phenoxy) is 2. The maximum atomic E-state index is 13.0. The second-order valence-electron chi connectivity index (χ2n) is 8.02. The van der Waals surface area contributed by atoms with E-state index in [0.29, 0.717) is 12.2 Å². The standard InChI is InChI=1S/C22H25N3O6S/c26-20(25(16-5-1-2-6-16)17-9-12-32(28,29)15-17)14-30-22(27)19-8-4-11-24-21(19)31-18-7-3-10-23-13-18/h3-4,7-8,10-11,13,16-17H,1-2,5-6,9,12,14-15H2. The molecule has 0 aromatic carbocycles. The molecule has 2 fully saturated rings. The summed E-state index contributed by atoms with van der Waals surface area (Å²) in [5.41, 5.74) is 0.0833. The highest BCUT2D eigenvalue weighted by atomic mass is 32.2. The molecule has 170 valence electrons. The molecule has 10 heteroatoms. The van der Waals surface area contributed by atoms with Gasteiger partial charge >= 0.3 is 5.97 Å². The second kappa shape index (κ2) is 9.64. The average molecular weight is 460 g/mol. The second-order valence-corrected chi connectivity index (χ2v) is 10.2. The fourth-order valence-corrected chi connectivity index (χ4v) is 6.02. The van der Waals surface area contributed by atoms with Crippen molar-refractivity contribution in [3.63, 3.8) is 0 Å². The zero-order chi connectivity index (χ0) is 22.6. The third-order valence-electron chi connectivity index (χ3n) is 5.77. The van der Waals surface area contributed by atoms with E-state index in [-0.39, 0.29) is 40.9 Å². The minimum absolute atomic E-state index is 0.0117. The maximum absolute atomic E-state index is 13.0. The molecule has 2 aromatic heterocycles. The summed E-state index contributed by atoms with van der Waals surface area (Å²) in [5, 5.41) is 0. The van der Waals surface area contributed by atoms with Crippen molar-refractivity contribution in [3.8, 4) is 11.6 Å². The van der Waals surface area contributed by atoms with Gasteiger partial charge in [0.1, 0.15) is 11.3 Å². The van der Waals surface area contributed by atoms with Gasteiger partial charge in [0.25, 0.3) is 5.91 Å². The number of hydrogen-bond donors (Lipinski definition) is 0. The zero-order valence-corrected chi connectivity index (χ0v) is 18.4. The van der Waals surface area contributed by atoms with Crippen LogP contribution in [0.3, 0.4) is 0 Å². The highest BCUT2D eigenvalue weighted by molar-refractivity contribution is 7.91. The molecule has 0 radical (unpaired) electrons. The Kier molecular flexibility index (Phi) is 6.69. The molecular formula is C22H25N3O6S. The monoisotopic (exact) mass is 459 g/mol. The fraction of sp³-hybridized carbons (Fsp3) is 0.455. The lowest BCUT2D eigenvalue weighted by Gasteiger charge is -2.33. The number of nitrogens with zero attached hydrogens (tertiary/aromatic N) is 3. The molecule has 9 nitrogen and oxygen atoms in total. The van der Waals surface area contributed by atoms with E-state index in [2.05, 4.69) is 9.97 Å². The lowest BCUT2D eigenvalue weighted by Crippen LogP contribution is -2.48. The summed E-state index contributed by atoms with van der Waals surface area (Å²) in [6, 6.07) is 6.07. The summed E-state index contributed by atoms with van der Waals surface area (Å²) in [5.74, 6) is -0.603. The van der Waals surface area contributed by atoms with Gasteiger partial charge in [0.15, 0.2) is 16.4 Å². The molecule has 0 spiro atoms. The molecule has 4 rings (SSSR count). The fourth-order valence-electron chi connectivity index (χ4n) is 4.31. The number of carbonyl (C=O) groups excluding carboxylic acids is 2. The van der Waals surface area contributed by atoms with Gasteiger partial charge in [-0.15, -0.1) is 0 Å². The van der Waals surface area contributed by atoms with E-state index in [4.69, 9.17) is 9.47 Å². The third-order valence-corrected chi connectivity index (χ3v) is 7.52. The zero-order valence-electron chi connectivity index (χ0n) is 17.6. The molecular weight excluding hydrogens is 434 g/mol. The molecule has 0 N–H and O–H groups in total. The van der Waals surface area contributed by atoms with Crippen molar-refractivity contribution in [1.82, 2.24) is 14.9 Å². The first-order chi connectivity index (χ1) is 15.4. The normalized spacial score (nSPS) is 20.1. The predicted octanol–water partition coefficient (Wildman–Crippen LogP) is 2.38. The van der Waals surface area contributed by atoms with Crippen LogP contribution in [-0.2, 0) is 19.4 Å². The van der Waals surface area contributed by atoms with Gasteiger partial charge in [-0.1, -0.05) is 12.8 Å².